The van der Waals surface area contributed by atoms with Crippen LogP contribution in [0.1, 0.15) is 13.3 Å². The SMILES string of the molecule is COc1ccc(S(=O)(=O)NCCC(C)N)c2ccccc12.Cl. The molecule has 0 fully saturated rings. The summed E-state index contributed by atoms with van der Waals surface area (Å²) in [4.78, 5) is 0.253. The Morgan fingerprint density at radius 3 is 2.41 bits per heavy atom. The number of benzene rings is 2. The maximum absolute atomic E-state index is 12.4. The fourth-order valence-electron chi connectivity index (χ4n) is 2.15. The van der Waals surface area contributed by atoms with Crippen molar-refractivity contribution in [1.82, 2.24) is 4.72 Å². The normalized spacial score (nSPS) is 12.7. The number of ether oxygens (including phenoxy) is 1. The van der Waals surface area contributed by atoms with Gasteiger partial charge in [-0.3, -0.25) is 0 Å². The quantitative estimate of drug-likeness (QED) is 0.842. The monoisotopic (exact) mass is 344 g/mol. The number of hydrogen-bond acceptors (Lipinski definition) is 4. The fourth-order valence-corrected chi connectivity index (χ4v) is 3.41. The van der Waals surface area contributed by atoms with Crippen LogP contribution in [0.3, 0.4) is 0 Å². The summed E-state index contributed by atoms with van der Waals surface area (Å²) in [7, 11) is -2.00. The number of fused-ring (bicyclic) bond motifs is 1. The minimum atomic E-state index is -3.57. The molecule has 2 aromatic carbocycles. The fraction of sp³-hybridized carbons (Fsp3) is 0.333. The molecule has 0 spiro atoms. The second-order valence-corrected chi connectivity index (χ2v) is 6.71. The van der Waals surface area contributed by atoms with Gasteiger partial charge in [0.15, 0.2) is 0 Å². The van der Waals surface area contributed by atoms with Crippen molar-refractivity contribution < 1.29 is 13.2 Å². The lowest BCUT2D eigenvalue weighted by molar-refractivity contribution is 0.419. The molecule has 7 heteroatoms. The first-order chi connectivity index (χ1) is 9.95. The molecule has 0 saturated carbocycles. The van der Waals surface area contributed by atoms with Crippen LogP contribution in [0.2, 0.25) is 0 Å². The highest BCUT2D eigenvalue weighted by Gasteiger charge is 2.18. The van der Waals surface area contributed by atoms with Gasteiger partial charge in [0.2, 0.25) is 10.0 Å². The van der Waals surface area contributed by atoms with E-state index in [4.69, 9.17) is 10.5 Å². The topological polar surface area (TPSA) is 81.4 Å². The molecule has 22 heavy (non-hydrogen) atoms. The van der Waals surface area contributed by atoms with Crippen LogP contribution in [0.25, 0.3) is 10.8 Å². The molecular weight excluding hydrogens is 324 g/mol. The van der Waals surface area contributed by atoms with Crippen molar-refractivity contribution in [2.75, 3.05) is 13.7 Å². The molecule has 2 rings (SSSR count). The van der Waals surface area contributed by atoms with Gasteiger partial charge in [0.1, 0.15) is 5.75 Å². The van der Waals surface area contributed by atoms with E-state index < -0.39 is 10.0 Å². The maximum Gasteiger partial charge on any atom is 0.241 e. The first kappa shape index (κ1) is 18.7. The molecule has 0 radical (unpaired) electrons. The zero-order valence-corrected chi connectivity index (χ0v) is 14.2. The smallest absolute Gasteiger partial charge is 0.241 e. The standard InChI is InChI=1S/C15H20N2O3S.ClH/c1-11(16)9-10-17-21(18,19)15-8-7-14(20-2)12-5-3-4-6-13(12)15;/h3-8,11,17H,9-10,16H2,1-2H3;1H. The lowest BCUT2D eigenvalue weighted by Crippen LogP contribution is -2.29. The number of methoxy groups -OCH3 is 1. The molecule has 5 nitrogen and oxygen atoms in total. The largest absolute Gasteiger partial charge is 0.496 e. The van der Waals surface area contributed by atoms with E-state index in [1.54, 1.807) is 25.3 Å². The number of halogens is 1. The van der Waals surface area contributed by atoms with Gasteiger partial charge in [-0.05, 0) is 25.5 Å². The van der Waals surface area contributed by atoms with Crippen LogP contribution in [0, 0.1) is 0 Å². The van der Waals surface area contributed by atoms with Gasteiger partial charge in [-0.2, -0.15) is 0 Å². The summed E-state index contributed by atoms with van der Waals surface area (Å²) in [5.41, 5.74) is 5.64. The van der Waals surface area contributed by atoms with Crippen LogP contribution in [0.4, 0.5) is 0 Å². The Morgan fingerprint density at radius 1 is 1.18 bits per heavy atom. The van der Waals surface area contributed by atoms with Crippen LogP contribution in [-0.2, 0) is 10.0 Å². The molecule has 0 bridgehead atoms. The van der Waals surface area contributed by atoms with E-state index in [1.807, 2.05) is 25.1 Å². The van der Waals surface area contributed by atoms with E-state index in [1.165, 1.54) is 0 Å². The molecular formula is C15H21ClN2O3S. The number of nitrogens with one attached hydrogen (secondary N) is 1. The Bertz CT molecular complexity index is 733. The molecule has 0 heterocycles. The van der Waals surface area contributed by atoms with Gasteiger partial charge < -0.3 is 10.5 Å². The average molecular weight is 345 g/mol. The zero-order valence-electron chi connectivity index (χ0n) is 12.6. The van der Waals surface area contributed by atoms with Gasteiger partial charge in [0.05, 0.1) is 12.0 Å². The van der Waals surface area contributed by atoms with Crippen LogP contribution < -0.4 is 15.2 Å². The third-order valence-corrected chi connectivity index (χ3v) is 4.76. The van der Waals surface area contributed by atoms with E-state index in [2.05, 4.69) is 4.72 Å². The summed E-state index contributed by atoms with van der Waals surface area (Å²) in [5, 5.41) is 1.42. The van der Waals surface area contributed by atoms with Gasteiger partial charge in [0, 0.05) is 23.4 Å². The van der Waals surface area contributed by atoms with E-state index in [0.717, 1.165) is 5.39 Å². The molecule has 0 amide bonds. The molecule has 1 unspecified atom stereocenters. The Kier molecular flexibility index (Phi) is 6.62. The number of hydrogen-bond donors (Lipinski definition) is 2. The van der Waals surface area contributed by atoms with E-state index >= 15 is 0 Å². The van der Waals surface area contributed by atoms with Gasteiger partial charge in [-0.15, -0.1) is 12.4 Å². The second kappa shape index (κ2) is 7.78. The van der Waals surface area contributed by atoms with Crippen LogP contribution >= 0.6 is 12.4 Å². The highest BCUT2D eigenvalue weighted by Crippen LogP contribution is 2.30. The minimum Gasteiger partial charge on any atom is -0.496 e. The average Bonchev–Trinajstić information content (AvgIpc) is 2.45. The predicted molar refractivity (Wildman–Crippen MR) is 91.2 cm³/mol. The molecule has 0 aliphatic heterocycles. The van der Waals surface area contributed by atoms with E-state index in [0.29, 0.717) is 24.1 Å². The van der Waals surface area contributed by atoms with Crippen molar-refractivity contribution in [3.05, 3.63) is 36.4 Å². The molecule has 1 atom stereocenters. The summed E-state index contributed by atoms with van der Waals surface area (Å²) in [5.74, 6) is 0.653. The summed E-state index contributed by atoms with van der Waals surface area (Å²) in [6.07, 6.45) is 0.591. The summed E-state index contributed by atoms with van der Waals surface area (Å²) >= 11 is 0. The lowest BCUT2D eigenvalue weighted by atomic mass is 10.1. The number of sulfonamides is 1. The van der Waals surface area contributed by atoms with Crippen molar-refractivity contribution in [2.45, 2.75) is 24.3 Å². The molecule has 0 aliphatic rings. The van der Waals surface area contributed by atoms with Gasteiger partial charge in [-0.25, -0.2) is 13.1 Å². The molecule has 122 valence electrons. The van der Waals surface area contributed by atoms with Crippen molar-refractivity contribution >= 4 is 33.2 Å². The molecule has 0 aliphatic carbocycles. The minimum absolute atomic E-state index is 0. The number of rotatable bonds is 6. The zero-order chi connectivity index (χ0) is 15.5. The molecule has 0 saturated heterocycles. The lowest BCUT2D eigenvalue weighted by Gasteiger charge is -2.12. The summed E-state index contributed by atoms with van der Waals surface area (Å²) in [6.45, 7) is 2.16. The van der Waals surface area contributed by atoms with Gasteiger partial charge in [-0.1, -0.05) is 24.3 Å². The van der Waals surface area contributed by atoms with Crippen LogP contribution in [-0.4, -0.2) is 28.1 Å². The highest BCUT2D eigenvalue weighted by atomic mass is 35.5. The Hall–Kier alpha value is -1.34. The van der Waals surface area contributed by atoms with Gasteiger partial charge >= 0.3 is 0 Å². The third kappa shape index (κ3) is 4.10. The van der Waals surface area contributed by atoms with Crippen molar-refractivity contribution in [3.8, 4) is 5.75 Å². The number of nitrogens with two attached hydrogens (primary N) is 1. The Morgan fingerprint density at radius 2 is 1.82 bits per heavy atom. The van der Waals surface area contributed by atoms with Crippen molar-refractivity contribution in [3.63, 3.8) is 0 Å². The van der Waals surface area contributed by atoms with Crippen LogP contribution in [0.15, 0.2) is 41.3 Å². The van der Waals surface area contributed by atoms with E-state index in [9.17, 15) is 8.42 Å². The molecule has 3 N–H and O–H groups in total. The summed E-state index contributed by atoms with van der Waals surface area (Å²) in [6, 6.07) is 10.5. The van der Waals surface area contributed by atoms with Gasteiger partial charge in [0.25, 0.3) is 0 Å². The first-order valence-corrected chi connectivity index (χ1v) is 8.25. The second-order valence-electron chi connectivity index (χ2n) is 4.98. The molecule has 0 aromatic heterocycles. The molecule has 2 aromatic rings. The third-order valence-electron chi connectivity index (χ3n) is 3.25. The van der Waals surface area contributed by atoms with Crippen molar-refractivity contribution in [2.24, 2.45) is 5.73 Å². The summed E-state index contributed by atoms with van der Waals surface area (Å²) < 4.78 is 32.7. The predicted octanol–water partition coefficient (Wildman–Crippen LogP) is 2.29. The van der Waals surface area contributed by atoms with Crippen molar-refractivity contribution in [1.29, 1.82) is 0 Å². The first-order valence-electron chi connectivity index (χ1n) is 6.76. The Labute approximate surface area is 137 Å². The highest BCUT2D eigenvalue weighted by molar-refractivity contribution is 7.89. The van der Waals surface area contributed by atoms with Crippen LogP contribution in [0.5, 0.6) is 5.75 Å². The van der Waals surface area contributed by atoms with E-state index in [-0.39, 0.29) is 23.3 Å². The maximum atomic E-state index is 12.4. The Balaban J connectivity index is 0.00000242.